The van der Waals surface area contributed by atoms with Gasteiger partial charge in [-0.25, -0.2) is 4.98 Å². The van der Waals surface area contributed by atoms with Gasteiger partial charge in [0.1, 0.15) is 0 Å². The van der Waals surface area contributed by atoms with E-state index in [2.05, 4.69) is 26.3 Å². The molecule has 8 heteroatoms. The number of halogens is 1. The lowest BCUT2D eigenvalue weighted by atomic mass is 9.52. The molecule has 0 aliphatic heterocycles. The largest absolute Gasteiger partial charge is 0.481 e. The number of carbonyl (C=O) groups excluding carboxylic acids is 1. The van der Waals surface area contributed by atoms with E-state index in [9.17, 15) is 14.7 Å². The van der Waals surface area contributed by atoms with Crippen molar-refractivity contribution in [2.45, 2.75) is 57.4 Å². The Labute approximate surface area is 235 Å². The highest BCUT2D eigenvalue weighted by atomic mass is 79.9. The zero-order valence-electron chi connectivity index (χ0n) is 22.3. The van der Waals surface area contributed by atoms with Gasteiger partial charge in [-0.15, -0.1) is 0 Å². The van der Waals surface area contributed by atoms with Crippen molar-refractivity contribution in [2.24, 2.45) is 12.5 Å². The lowest BCUT2D eigenvalue weighted by Crippen LogP contribution is -2.62. The molecule has 3 saturated carbocycles. The number of carboxylic acids is 1. The topological polar surface area (TPSA) is 97.1 Å². The van der Waals surface area contributed by atoms with Crippen LogP contribution in [0.4, 0.5) is 0 Å². The van der Waals surface area contributed by atoms with E-state index in [1.54, 1.807) is 0 Å². The molecule has 3 fully saturated rings. The third kappa shape index (κ3) is 4.16. The first-order valence-corrected chi connectivity index (χ1v) is 14.1. The summed E-state index contributed by atoms with van der Waals surface area (Å²) in [7, 11) is 1.90. The van der Waals surface area contributed by atoms with Crippen LogP contribution in [-0.2, 0) is 11.8 Å². The number of fused-ring (bicyclic) bond motifs is 4. The summed E-state index contributed by atoms with van der Waals surface area (Å²) in [5.74, 6) is -1.04. The summed E-state index contributed by atoms with van der Waals surface area (Å²) in [5, 5.41) is 19.0. The molecule has 2 bridgehead atoms. The molecule has 2 N–H and O–H groups in total. The summed E-state index contributed by atoms with van der Waals surface area (Å²) in [6.07, 6.45) is 2.80. The average molecular weight is 588 g/mol. The fraction of sp³-hybridized carbons (Fsp3) is 0.355. The van der Waals surface area contributed by atoms with Crippen LogP contribution in [0.25, 0.3) is 22.2 Å². The van der Waals surface area contributed by atoms with Gasteiger partial charge >= 0.3 is 5.97 Å². The maximum absolute atomic E-state index is 14.4. The second kappa shape index (κ2) is 9.30. The molecule has 3 aliphatic rings. The van der Waals surface area contributed by atoms with Crippen LogP contribution in [0.15, 0.2) is 59.1 Å². The number of carboxylic acid groups (broad SMARTS) is 1. The molecule has 2 heterocycles. The van der Waals surface area contributed by atoms with E-state index in [0.717, 1.165) is 43.6 Å². The van der Waals surface area contributed by atoms with Gasteiger partial charge in [-0.05, 0) is 75.8 Å². The molecule has 200 valence electrons. The van der Waals surface area contributed by atoms with Gasteiger partial charge in [-0.1, -0.05) is 46.3 Å². The SMILES string of the molecule is Cc1cc([C@@H]2CC3(C(=O)O)CCC2(NC(=O)c2c(C)c(-c4ccccc4)nc4ccc(Br)cc24)CC3)n(C)n1. The van der Waals surface area contributed by atoms with Gasteiger partial charge in [0.15, 0.2) is 0 Å². The van der Waals surface area contributed by atoms with Crippen LogP contribution < -0.4 is 5.32 Å². The van der Waals surface area contributed by atoms with Gasteiger partial charge in [0.05, 0.1) is 27.9 Å². The number of carbonyl (C=O) groups is 2. The van der Waals surface area contributed by atoms with Crippen molar-refractivity contribution in [1.29, 1.82) is 0 Å². The highest BCUT2D eigenvalue weighted by molar-refractivity contribution is 9.10. The maximum Gasteiger partial charge on any atom is 0.309 e. The molecule has 0 radical (unpaired) electrons. The number of aryl methyl sites for hydroxylation is 2. The van der Waals surface area contributed by atoms with Crippen LogP contribution >= 0.6 is 15.9 Å². The van der Waals surface area contributed by atoms with Crippen molar-refractivity contribution in [3.05, 3.63) is 81.6 Å². The predicted octanol–water partition coefficient (Wildman–Crippen LogP) is 6.32. The van der Waals surface area contributed by atoms with Gasteiger partial charge in [0.25, 0.3) is 5.91 Å². The summed E-state index contributed by atoms with van der Waals surface area (Å²) < 4.78 is 2.72. The number of rotatable bonds is 5. The third-order valence-electron chi connectivity index (χ3n) is 9.04. The Bertz CT molecular complexity index is 1620. The molecule has 4 aromatic rings. The number of nitrogens with one attached hydrogen (secondary N) is 1. The molecule has 3 aliphatic carbocycles. The summed E-state index contributed by atoms with van der Waals surface area (Å²) in [5.41, 5.74) is 4.45. The highest BCUT2D eigenvalue weighted by Crippen LogP contribution is 2.59. The lowest BCUT2D eigenvalue weighted by molar-refractivity contribution is -0.157. The van der Waals surface area contributed by atoms with Crippen molar-refractivity contribution >= 4 is 38.7 Å². The standard InChI is InChI=1S/C31H31BrN4O3/c1-18-15-25(36(3)35-18)23-17-30(29(38)39)11-13-31(23,14-12-30)34-28(37)26-19(2)27(20-7-5-4-6-8-20)33-24-10-9-21(32)16-22(24)26/h4-10,15-16,23H,11-14,17H2,1-3H3,(H,34,37)(H,38,39)/t23-,30?,31?/m0/s1. The number of pyridine rings is 1. The molecule has 1 atom stereocenters. The molecule has 0 unspecified atom stereocenters. The van der Waals surface area contributed by atoms with E-state index in [1.165, 1.54) is 0 Å². The average Bonchev–Trinajstić information content (AvgIpc) is 3.26. The number of benzene rings is 2. The van der Waals surface area contributed by atoms with Gasteiger partial charge < -0.3 is 10.4 Å². The van der Waals surface area contributed by atoms with E-state index >= 15 is 0 Å². The normalized spacial score (nSPS) is 24.2. The number of hydrogen-bond acceptors (Lipinski definition) is 4. The summed E-state index contributed by atoms with van der Waals surface area (Å²) in [4.78, 5) is 31.8. The second-order valence-electron chi connectivity index (χ2n) is 11.3. The second-order valence-corrected chi connectivity index (χ2v) is 12.2. The van der Waals surface area contributed by atoms with E-state index in [1.807, 2.05) is 80.2 Å². The number of nitrogens with zero attached hydrogens (tertiary/aromatic N) is 3. The van der Waals surface area contributed by atoms with Crippen LogP contribution in [0.2, 0.25) is 0 Å². The van der Waals surface area contributed by atoms with Gasteiger partial charge in [0, 0.05) is 39.6 Å². The minimum absolute atomic E-state index is 0.149. The third-order valence-corrected chi connectivity index (χ3v) is 9.53. The molecular weight excluding hydrogens is 556 g/mol. The molecule has 2 aromatic heterocycles. The Morgan fingerprint density at radius 3 is 2.41 bits per heavy atom. The number of amides is 1. The minimum Gasteiger partial charge on any atom is -0.481 e. The Kier molecular flexibility index (Phi) is 6.14. The van der Waals surface area contributed by atoms with Crippen molar-refractivity contribution in [1.82, 2.24) is 20.1 Å². The van der Waals surface area contributed by atoms with Crippen LogP contribution in [0.3, 0.4) is 0 Å². The summed E-state index contributed by atoms with van der Waals surface area (Å²) in [6, 6.07) is 17.8. The summed E-state index contributed by atoms with van der Waals surface area (Å²) >= 11 is 3.58. The van der Waals surface area contributed by atoms with Gasteiger partial charge in [0.2, 0.25) is 0 Å². The van der Waals surface area contributed by atoms with Crippen LogP contribution in [0.5, 0.6) is 0 Å². The van der Waals surface area contributed by atoms with Crippen molar-refractivity contribution in [2.75, 3.05) is 0 Å². The fourth-order valence-corrected chi connectivity index (χ4v) is 7.32. The first-order valence-electron chi connectivity index (χ1n) is 13.3. The Morgan fingerprint density at radius 2 is 1.77 bits per heavy atom. The lowest BCUT2D eigenvalue weighted by Gasteiger charge is -2.56. The van der Waals surface area contributed by atoms with Gasteiger partial charge in [-0.3, -0.25) is 14.3 Å². The van der Waals surface area contributed by atoms with Crippen LogP contribution in [0.1, 0.15) is 65.3 Å². The first-order chi connectivity index (χ1) is 18.6. The van der Waals surface area contributed by atoms with E-state index in [0.29, 0.717) is 37.7 Å². The Morgan fingerprint density at radius 1 is 1.05 bits per heavy atom. The maximum atomic E-state index is 14.4. The number of hydrogen-bond donors (Lipinski definition) is 2. The zero-order valence-corrected chi connectivity index (χ0v) is 23.9. The van der Waals surface area contributed by atoms with E-state index in [-0.39, 0.29) is 11.8 Å². The molecule has 7 rings (SSSR count). The monoisotopic (exact) mass is 586 g/mol. The van der Waals surface area contributed by atoms with E-state index < -0.39 is 16.9 Å². The van der Waals surface area contributed by atoms with E-state index in [4.69, 9.17) is 4.98 Å². The molecule has 7 nitrogen and oxygen atoms in total. The first kappa shape index (κ1) is 25.7. The Hall–Kier alpha value is -3.52. The van der Waals surface area contributed by atoms with Gasteiger partial charge in [-0.2, -0.15) is 5.10 Å². The number of aliphatic carboxylic acids is 1. The quantitative estimate of drug-likeness (QED) is 0.285. The van der Waals surface area contributed by atoms with Crippen LogP contribution in [0, 0.1) is 19.3 Å². The molecule has 2 aromatic carbocycles. The zero-order chi connectivity index (χ0) is 27.5. The molecule has 39 heavy (non-hydrogen) atoms. The smallest absolute Gasteiger partial charge is 0.309 e. The molecule has 0 saturated heterocycles. The van der Waals surface area contributed by atoms with Crippen molar-refractivity contribution in [3.63, 3.8) is 0 Å². The predicted molar refractivity (Wildman–Crippen MR) is 154 cm³/mol. The minimum atomic E-state index is -0.764. The molecule has 1 amide bonds. The van der Waals surface area contributed by atoms with Crippen molar-refractivity contribution < 1.29 is 14.7 Å². The molecule has 0 spiro atoms. The van der Waals surface area contributed by atoms with Crippen LogP contribution in [-0.4, -0.2) is 37.3 Å². The van der Waals surface area contributed by atoms with Crippen molar-refractivity contribution in [3.8, 4) is 11.3 Å². The number of aromatic nitrogens is 3. The highest BCUT2D eigenvalue weighted by Gasteiger charge is 2.59. The molecular formula is C31H31BrN4O3. The Balaban J connectivity index is 1.48. The summed E-state index contributed by atoms with van der Waals surface area (Å²) in [6.45, 7) is 3.90. The fourth-order valence-electron chi connectivity index (χ4n) is 6.96.